The van der Waals surface area contributed by atoms with Crippen LogP contribution in [0.2, 0.25) is 0 Å². The number of nitrogens with one attached hydrogen (secondary N) is 1. The van der Waals surface area contributed by atoms with Gasteiger partial charge in [0.05, 0.1) is 0 Å². The average Bonchev–Trinajstić information content (AvgIpc) is 2.37. The van der Waals surface area contributed by atoms with Crippen LogP contribution in [0.4, 0.5) is 0 Å². The van der Waals surface area contributed by atoms with Gasteiger partial charge in [-0.1, -0.05) is 13.0 Å². The Labute approximate surface area is 98.1 Å². The van der Waals surface area contributed by atoms with Gasteiger partial charge in [-0.3, -0.25) is 14.0 Å². The molecular weight excluding hydrogens is 218 g/mol. The summed E-state index contributed by atoms with van der Waals surface area (Å²) in [5, 5.41) is 2.66. The molecular formula is C12H13N3O2. The van der Waals surface area contributed by atoms with Crippen molar-refractivity contribution in [1.29, 1.82) is 0 Å². The molecule has 2 heterocycles. The highest BCUT2D eigenvalue weighted by Crippen LogP contribution is 1.97. The fourth-order valence-electron chi connectivity index (χ4n) is 1.52. The van der Waals surface area contributed by atoms with E-state index in [2.05, 4.69) is 10.3 Å². The van der Waals surface area contributed by atoms with Crippen LogP contribution in [0.15, 0.2) is 35.4 Å². The second-order valence-corrected chi connectivity index (χ2v) is 3.66. The summed E-state index contributed by atoms with van der Waals surface area (Å²) in [5.74, 6) is -0.373. The summed E-state index contributed by atoms with van der Waals surface area (Å²) in [6, 6.07) is 5.23. The van der Waals surface area contributed by atoms with Gasteiger partial charge in [0.15, 0.2) is 0 Å². The summed E-state index contributed by atoms with van der Waals surface area (Å²) in [5.41, 5.74) is 0.260. The third-order valence-corrected chi connectivity index (χ3v) is 2.39. The Balaban J connectivity index is 2.46. The molecule has 1 amide bonds. The maximum absolute atomic E-state index is 12.0. The van der Waals surface area contributed by atoms with Crippen LogP contribution in [0.5, 0.6) is 0 Å². The van der Waals surface area contributed by atoms with E-state index in [1.165, 1.54) is 10.6 Å². The van der Waals surface area contributed by atoms with E-state index in [1.807, 2.05) is 6.92 Å². The number of hydrogen-bond donors (Lipinski definition) is 1. The van der Waals surface area contributed by atoms with Crippen LogP contribution >= 0.6 is 0 Å². The van der Waals surface area contributed by atoms with E-state index < -0.39 is 0 Å². The molecule has 88 valence electrons. The molecule has 0 bridgehead atoms. The van der Waals surface area contributed by atoms with Crippen LogP contribution in [-0.2, 0) is 0 Å². The number of pyridine rings is 1. The van der Waals surface area contributed by atoms with Gasteiger partial charge in [0, 0.05) is 18.9 Å². The molecule has 0 fully saturated rings. The summed E-state index contributed by atoms with van der Waals surface area (Å²) in [4.78, 5) is 27.8. The number of aromatic nitrogens is 2. The monoisotopic (exact) mass is 231 g/mol. The Morgan fingerprint density at radius 2 is 2.29 bits per heavy atom. The first-order valence-electron chi connectivity index (χ1n) is 5.48. The van der Waals surface area contributed by atoms with E-state index in [9.17, 15) is 9.59 Å². The van der Waals surface area contributed by atoms with Crippen LogP contribution in [0.25, 0.3) is 5.65 Å². The van der Waals surface area contributed by atoms with Crippen molar-refractivity contribution in [2.75, 3.05) is 6.54 Å². The van der Waals surface area contributed by atoms with Crippen molar-refractivity contribution < 1.29 is 4.79 Å². The summed E-state index contributed by atoms with van der Waals surface area (Å²) in [6.45, 7) is 2.50. The molecule has 0 spiro atoms. The Morgan fingerprint density at radius 1 is 1.47 bits per heavy atom. The lowest BCUT2D eigenvalue weighted by molar-refractivity contribution is 0.0951. The number of amides is 1. The first-order chi connectivity index (χ1) is 8.24. The van der Waals surface area contributed by atoms with Crippen LogP contribution < -0.4 is 10.9 Å². The maximum Gasteiger partial charge on any atom is 0.270 e. The van der Waals surface area contributed by atoms with Gasteiger partial charge >= 0.3 is 0 Å². The van der Waals surface area contributed by atoms with Crippen molar-refractivity contribution >= 4 is 11.6 Å². The molecule has 0 aliphatic heterocycles. The van der Waals surface area contributed by atoms with Gasteiger partial charge in [-0.15, -0.1) is 0 Å². The van der Waals surface area contributed by atoms with Crippen molar-refractivity contribution in [1.82, 2.24) is 14.7 Å². The third-order valence-electron chi connectivity index (χ3n) is 2.39. The van der Waals surface area contributed by atoms with Crippen molar-refractivity contribution in [3.63, 3.8) is 0 Å². The van der Waals surface area contributed by atoms with Gasteiger partial charge in [0.1, 0.15) is 11.2 Å². The smallest absolute Gasteiger partial charge is 0.270 e. The molecule has 0 saturated heterocycles. The standard InChI is InChI=1S/C12H13N3O2/c1-2-6-13-11(16)9-8-14-10-5-3-4-7-15(10)12(9)17/h3-5,7-8H,2,6H2,1H3,(H,13,16). The zero-order valence-corrected chi connectivity index (χ0v) is 9.51. The van der Waals surface area contributed by atoms with Crippen molar-refractivity contribution in [3.05, 3.63) is 46.5 Å². The van der Waals surface area contributed by atoms with Crippen molar-refractivity contribution in [2.24, 2.45) is 0 Å². The van der Waals surface area contributed by atoms with E-state index in [0.717, 1.165) is 6.42 Å². The third kappa shape index (κ3) is 2.18. The molecule has 0 aliphatic carbocycles. The normalized spacial score (nSPS) is 10.4. The lowest BCUT2D eigenvalue weighted by Gasteiger charge is -2.04. The number of carbonyl (C=O) groups is 1. The first-order valence-corrected chi connectivity index (χ1v) is 5.48. The first kappa shape index (κ1) is 11.3. The zero-order valence-electron chi connectivity index (χ0n) is 9.51. The second-order valence-electron chi connectivity index (χ2n) is 3.66. The van der Waals surface area contributed by atoms with E-state index in [-0.39, 0.29) is 17.0 Å². The van der Waals surface area contributed by atoms with Crippen LogP contribution in [0.3, 0.4) is 0 Å². The fourth-order valence-corrected chi connectivity index (χ4v) is 1.52. The predicted molar refractivity (Wildman–Crippen MR) is 64.1 cm³/mol. The van der Waals surface area contributed by atoms with E-state index >= 15 is 0 Å². The summed E-state index contributed by atoms with van der Waals surface area (Å²) in [6.07, 6.45) is 3.75. The molecule has 5 nitrogen and oxygen atoms in total. The average molecular weight is 231 g/mol. The minimum absolute atomic E-state index is 0.0714. The number of fused-ring (bicyclic) bond motifs is 1. The van der Waals surface area contributed by atoms with Gasteiger partial charge in [0.25, 0.3) is 11.5 Å². The molecule has 0 aliphatic rings. The Kier molecular flexibility index (Phi) is 3.18. The van der Waals surface area contributed by atoms with Crippen LogP contribution in [-0.4, -0.2) is 21.8 Å². The summed E-state index contributed by atoms with van der Waals surface area (Å²) < 4.78 is 1.36. The molecule has 17 heavy (non-hydrogen) atoms. The number of carbonyl (C=O) groups excluding carboxylic acids is 1. The van der Waals surface area contributed by atoms with E-state index in [0.29, 0.717) is 12.2 Å². The SMILES string of the molecule is CCCNC(=O)c1cnc2ccccn2c1=O. The summed E-state index contributed by atoms with van der Waals surface area (Å²) >= 11 is 0. The van der Waals surface area contributed by atoms with E-state index in [1.54, 1.807) is 24.4 Å². The molecule has 0 saturated carbocycles. The molecule has 5 heteroatoms. The van der Waals surface area contributed by atoms with Gasteiger partial charge in [-0.25, -0.2) is 4.98 Å². The topological polar surface area (TPSA) is 63.5 Å². The molecule has 0 radical (unpaired) electrons. The lowest BCUT2D eigenvalue weighted by atomic mass is 10.3. The highest BCUT2D eigenvalue weighted by Gasteiger charge is 2.11. The highest BCUT2D eigenvalue weighted by molar-refractivity contribution is 5.93. The van der Waals surface area contributed by atoms with Crippen LogP contribution in [0, 0.1) is 0 Å². The van der Waals surface area contributed by atoms with Crippen molar-refractivity contribution in [3.8, 4) is 0 Å². The molecule has 0 aromatic carbocycles. The Bertz CT molecular complexity index is 604. The molecule has 2 aromatic rings. The highest BCUT2D eigenvalue weighted by atomic mass is 16.2. The molecule has 1 N–H and O–H groups in total. The minimum Gasteiger partial charge on any atom is -0.352 e. The van der Waals surface area contributed by atoms with E-state index in [4.69, 9.17) is 0 Å². The molecule has 0 unspecified atom stereocenters. The van der Waals surface area contributed by atoms with Gasteiger partial charge in [-0.05, 0) is 18.6 Å². The second kappa shape index (κ2) is 4.78. The lowest BCUT2D eigenvalue weighted by Crippen LogP contribution is -2.31. The minimum atomic E-state index is -0.373. The Morgan fingerprint density at radius 3 is 3.06 bits per heavy atom. The number of hydrogen-bond acceptors (Lipinski definition) is 3. The largest absolute Gasteiger partial charge is 0.352 e. The Hall–Kier alpha value is -2.17. The molecule has 2 rings (SSSR count). The van der Waals surface area contributed by atoms with Gasteiger partial charge in [-0.2, -0.15) is 0 Å². The zero-order chi connectivity index (χ0) is 12.3. The quantitative estimate of drug-likeness (QED) is 0.851. The maximum atomic E-state index is 12.0. The fraction of sp³-hybridized carbons (Fsp3) is 0.250. The molecule has 2 aromatic heterocycles. The summed E-state index contributed by atoms with van der Waals surface area (Å²) in [7, 11) is 0. The number of nitrogens with zero attached hydrogens (tertiary/aromatic N) is 2. The number of rotatable bonds is 3. The van der Waals surface area contributed by atoms with Gasteiger partial charge in [0.2, 0.25) is 0 Å². The molecule has 0 atom stereocenters. The van der Waals surface area contributed by atoms with Gasteiger partial charge < -0.3 is 5.32 Å². The van der Waals surface area contributed by atoms with Crippen LogP contribution in [0.1, 0.15) is 23.7 Å². The predicted octanol–water partition coefficient (Wildman–Crippen LogP) is 0.834. The van der Waals surface area contributed by atoms with Crippen molar-refractivity contribution in [2.45, 2.75) is 13.3 Å².